The summed E-state index contributed by atoms with van der Waals surface area (Å²) in [4.78, 5) is 29.6. The molecule has 1 aromatic heterocycles. The first-order valence-electron chi connectivity index (χ1n) is 10.1. The zero-order valence-corrected chi connectivity index (χ0v) is 17.8. The summed E-state index contributed by atoms with van der Waals surface area (Å²) >= 11 is 0. The molecule has 1 unspecified atom stereocenters. The van der Waals surface area contributed by atoms with Gasteiger partial charge in [-0.05, 0) is 57.3 Å². The fourth-order valence-corrected chi connectivity index (χ4v) is 3.45. The number of aliphatic hydroxyl groups is 1. The van der Waals surface area contributed by atoms with Crippen molar-refractivity contribution in [2.75, 3.05) is 33.8 Å². The van der Waals surface area contributed by atoms with E-state index < -0.39 is 23.5 Å². The van der Waals surface area contributed by atoms with E-state index in [2.05, 4.69) is 0 Å². The number of ketones is 1. The van der Waals surface area contributed by atoms with Crippen molar-refractivity contribution in [2.24, 2.45) is 0 Å². The molecule has 1 atom stereocenters. The average Bonchev–Trinajstić information content (AvgIpc) is 3.26. The molecule has 1 N–H and O–H groups in total. The Labute approximate surface area is 176 Å². The van der Waals surface area contributed by atoms with Crippen molar-refractivity contribution >= 4 is 11.7 Å². The van der Waals surface area contributed by atoms with Crippen molar-refractivity contribution in [3.8, 4) is 5.75 Å². The van der Waals surface area contributed by atoms with E-state index in [0.29, 0.717) is 36.8 Å². The summed E-state index contributed by atoms with van der Waals surface area (Å²) in [5.74, 6) is -0.253. The maximum atomic E-state index is 13.2. The van der Waals surface area contributed by atoms with Gasteiger partial charge in [-0.1, -0.05) is 19.1 Å². The molecule has 0 radical (unpaired) electrons. The quantitative estimate of drug-likeness (QED) is 0.635. The van der Waals surface area contributed by atoms with E-state index in [1.807, 2.05) is 50.2 Å². The number of amides is 1. The van der Waals surface area contributed by atoms with Gasteiger partial charge in [0.05, 0.1) is 18.2 Å². The number of ether oxygens (including phenoxy) is 1. The third-order valence-corrected chi connectivity index (χ3v) is 4.95. The molecule has 0 spiro atoms. The Bertz CT molecular complexity index is 960. The van der Waals surface area contributed by atoms with Gasteiger partial charge in [0, 0.05) is 13.1 Å². The number of benzene rings is 1. The summed E-state index contributed by atoms with van der Waals surface area (Å²) in [7, 11) is 3.81. The summed E-state index contributed by atoms with van der Waals surface area (Å²) in [6.45, 7) is 5.26. The molecule has 7 nitrogen and oxygen atoms in total. The smallest absolute Gasteiger partial charge is 0.290 e. The van der Waals surface area contributed by atoms with Crippen LogP contribution in [0.15, 0.2) is 52.1 Å². The molecule has 1 amide bonds. The van der Waals surface area contributed by atoms with Gasteiger partial charge in [-0.25, -0.2) is 0 Å². The van der Waals surface area contributed by atoms with Gasteiger partial charge in [0.2, 0.25) is 5.78 Å². The van der Waals surface area contributed by atoms with Gasteiger partial charge in [-0.15, -0.1) is 0 Å². The zero-order valence-electron chi connectivity index (χ0n) is 17.8. The van der Waals surface area contributed by atoms with E-state index in [0.717, 1.165) is 6.42 Å². The van der Waals surface area contributed by atoms with E-state index in [9.17, 15) is 14.7 Å². The minimum Gasteiger partial charge on any atom is -0.503 e. The molecule has 30 heavy (non-hydrogen) atoms. The summed E-state index contributed by atoms with van der Waals surface area (Å²) in [5, 5.41) is 10.7. The van der Waals surface area contributed by atoms with E-state index >= 15 is 0 Å². The molecule has 1 aliphatic heterocycles. The number of carbonyl (C=O) groups excluding carboxylic acids is 2. The van der Waals surface area contributed by atoms with Crippen LogP contribution in [0.5, 0.6) is 5.75 Å². The van der Waals surface area contributed by atoms with Crippen LogP contribution in [0.1, 0.15) is 41.3 Å². The van der Waals surface area contributed by atoms with Gasteiger partial charge in [0.1, 0.15) is 11.5 Å². The number of hydrogen-bond donors (Lipinski definition) is 1. The monoisotopic (exact) mass is 412 g/mol. The van der Waals surface area contributed by atoms with E-state index in [4.69, 9.17) is 9.15 Å². The second-order valence-corrected chi connectivity index (χ2v) is 7.63. The molecule has 2 aromatic rings. The Morgan fingerprint density at radius 3 is 2.67 bits per heavy atom. The largest absolute Gasteiger partial charge is 0.503 e. The molecule has 0 fully saturated rings. The van der Waals surface area contributed by atoms with E-state index in [1.54, 1.807) is 19.1 Å². The van der Waals surface area contributed by atoms with Crippen LogP contribution in [0.2, 0.25) is 0 Å². The lowest BCUT2D eigenvalue weighted by Crippen LogP contribution is -2.36. The first-order chi connectivity index (χ1) is 14.3. The van der Waals surface area contributed by atoms with Crippen molar-refractivity contribution in [1.82, 2.24) is 9.80 Å². The van der Waals surface area contributed by atoms with Crippen LogP contribution in [0.25, 0.3) is 0 Å². The molecule has 2 heterocycles. The standard InChI is InChI=1S/C23H28N2O5/c1-5-13-29-17-8-6-7-16(14-17)20-19(21(26)18-10-9-15(2)30-18)22(27)23(28)25(20)12-11-24(3)4/h6-10,14,20,27H,5,11-13H2,1-4H3. The first kappa shape index (κ1) is 21.6. The fourth-order valence-electron chi connectivity index (χ4n) is 3.45. The zero-order chi connectivity index (χ0) is 21.8. The van der Waals surface area contributed by atoms with Gasteiger partial charge in [-0.2, -0.15) is 0 Å². The number of hydrogen-bond acceptors (Lipinski definition) is 6. The molecule has 0 saturated carbocycles. The van der Waals surface area contributed by atoms with Crippen LogP contribution in [0, 0.1) is 6.92 Å². The maximum Gasteiger partial charge on any atom is 0.290 e. The van der Waals surface area contributed by atoms with Crippen LogP contribution in [0.4, 0.5) is 0 Å². The average molecular weight is 412 g/mol. The van der Waals surface area contributed by atoms with Crippen molar-refractivity contribution in [2.45, 2.75) is 26.3 Å². The molecular weight excluding hydrogens is 384 g/mol. The highest BCUT2D eigenvalue weighted by Gasteiger charge is 2.44. The predicted octanol–water partition coefficient (Wildman–Crippen LogP) is 3.52. The van der Waals surface area contributed by atoms with Crippen LogP contribution in [-0.4, -0.2) is 60.4 Å². The Balaban J connectivity index is 2.04. The van der Waals surface area contributed by atoms with Gasteiger partial charge in [0.25, 0.3) is 5.91 Å². The number of nitrogens with zero attached hydrogens (tertiary/aromatic N) is 2. The number of aliphatic hydroxyl groups excluding tert-OH is 1. The van der Waals surface area contributed by atoms with Gasteiger partial charge in [-0.3, -0.25) is 9.59 Å². The minimum atomic E-state index is -0.722. The van der Waals surface area contributed by atoms with Crippen LogP contribution in [0.3, 0.4) is 0 Å². The first-order valence-corrected chi connectivity index (χ1v) is 10.1. The lowest BCUT2D eigenvalue weighted by atomic mass is 9.95. The molecule has 0 aliphatic carbocycles. The molecule has 1 aromatic carbocycles. The van der Waals surface area contributed by atoms with E-state index in [-0.39, 0.29) is 11.3 Å². The molecule has 7 heteroatoms. The minimum absolute atomic E-state index is 0.0285. The molecule has 3 rings (SSSR count). The van der Waals surface area contributed by atoms with Gasteiger partial charge < -0.3 is 24.1 Å². The molecule has 0 saturated heterocycles. The Morgan fingerprint density at radius 2 is 2.03 bits per heavy atom. The van der Waals surface area contributed by atoms with Crippen molar-refractivity contribution in [3.63, 3.8) is 0 Å². The van der Waals surface area contributed by atoms with Crippen LogP contribution >= 0.6 is 0 Å². The second kappa shape index (κ2) is 9.17. The normalized spacial score (nSPS) is 16.6. The fraction of sp³-hybridized carbons (Fsp3) is 0.391. The number of Topliss-reactive ketones (excluding diaryl/α,β-unsaturated/α-hetero) is 1. The topological polar surface area (TPSA) is 83.2 Å². The molecule has 1 aliphatic rings. The van der Waals surface area contributed by atoms with E-state index in [1.165, 1.54) is 4.90 Å². The third-order valence-electron chi connectivity index (χ3n) is 4.95. The number of carbonyl (C=O) groups is 2. The Morgan fingerprint density at radius 1 is 1.27 bits per heavy atom. The number of furan rings is 1. The molecular formula is C23H28N2O5. The second-order valence-electron chi connectivity index (χ2n) is 7.63. The maximum absolute atomic E-state index is 13.2. The molecule has 0 bridgehead atoms. The lowest BCUT2D eigenvalue weighted by molar-refractivity contribution is -0.129. The molecule has 160 valence electrons. The van der Waals surface area contributed by atoms with Crippen molar-refractivity contribution < 1.29 is 23.8 Å². The Hall–Kier alpha value is -3.06. The highest BCUT2D eigenvalue weighted by Crippen LogP contribution is 2.39. The summed E-state index contributed by atoms with van der Waals surface area (Å²) in [5.41, 5.74) is 0.729. The van der Waals surface area contributed by atoms with Crippen LogP contribution < -0.4 is 4.74 Å². The highest BCUT2D eigenvalue weighted by atomic mass is 16.5. The van der Waals surface area contributed by atoms with Gasteiger partial charge >= 0.3 is 0 Å². The van der Waals surface area contributed by atoms with Crippen molar-refractivity contribution in [1.29, 1.82) is 0 Å². The highest BCUT2D eigenvalue weighted by molar-refractivity contribution is 6.15. The summed E-state index contributed by atoms with van der Waals surface area (Å²) in [6, 6.07) is 9.82. The summed E-state index contributed by atoms with van der Waals surface area (Å²) in [6.07, 6.45) is 0.864. The number of likely N-dealkylation sites (N-methyl/N-ethyl adjacent to an activating group) is 1. The SMILES string of the molecule is CCCOc1cccc(C2C(C(=O)c3ccc(C)o3)=C(O)C(=O)N2CCN(C)C)c1. The van der Waals surface area contributed by atoms with Gasteiger partial charge in [0.15, 0.2) is 11.5 Å². The predicted molar refractivity (Wildman–Crippen MR) is 113 cm³/mol. The Kier molecular flexibility index (Phi) is 6.62. The van der Waals surface area contributed by atoms with Crippen LogP contribution in [-0.2, 0) is 4.79 Å². The number of rotatable bonds is 9. The third kappa shape index (κ3) is 4.41. The van der Waals surface area contributed by atoms with Crippen molar-refractivity contribution in [3.05, 3.63) is 64.8 Å². The number of aryl methyl sites for hydroxylation is 1. The lowest BCUT2D eigenvalue weighted by Gasteiger charge is -2.28. The summed E-state index contributed by atoms with van der Waals surface area (Å²) < 4.78 is 11.2.